The molecule has 6 amide bonds. The summed E-state index contributed by atoms with van der Waals surface area (Å²) in [6, 6.07) is 12.6. The molecule has 59 heavy (non-hydrogen) atoms. The maximum atomic E-state index is 14.8. The van der Waals surface area contributed by atoms with E-state index in [1.54, 1.807) is 73.8 Å². The number of carbonyl (C=O) groups is 6. The van der Waals surface area contributed by atoms with Crippen molar-refractivity contribution in [3.63, 3.8) is 0 Å². The van der Waals surface area contributed by atoms with Crippen LogP contribution in [0.2, 0.25) is 0 Å². The lowest BCUT2D eigenvalue weighted by molar-refractivity contribution is -0.149. The van der Waals surface area contributed by atoms with Crippen LogP contribution in [-0.2, 0) is 48.0 Å². The van der Waals surface area contributed by atoms with Crippen molar-refractivity contribution in [2.75, 3.05) is 35.4 Å². The minimum absolute atomic E-state index is 0.00598. The average Bonchev–Trinajstić information content (AvgIpc) is 3.21. The first-order chi connectivity index (χ1) is 28.0. The third-order valence-electron chi connectivity index (χ3n) is 11.0. The highest BCUT2D eigenvalue weighted by molar-refractivity contribution is 5.98. The standard InChI is InChI=1S/C44H56N6O9/c1-25(2)20-33-43(55)48(5)34(21-28-10-15-31(57-8)16-11-28)41(53)46-27(4)42(54)50(7)36-22-29-12-17-32(18-13-29)59-38-24-30(14-19-37(38)58-9)23-35(49(6)44(36)56)40(52)45-26(3)39(51)47-33/h10-19,24-27,33-36H,20-23H2,1-9H3,(H,45,52)(H,46,53)(H,47,51). The number of fused-ring (bicyclic) bond motifs is 2. The summed E-state index contributed by atoms with van der Waals surface area (Å²) in [4.78, 5) is 89.8. The Bertz CT molecular complexity index is 2020. The van der Waals surface area contributed by atoms with E-state index in [1.807, 2.05) is 13.8 Å². The van der Waals surface area contributed by atoms with Gasteiger partial charge in [-0.3, -0.25) is 28.8 Å². The van der Waals surface area contributed by atoms with Gasteiger partial charge in [-0.15, -0.1) is 0 Å². The summed E-state index contributed by atoms with van der Waals surface area (Å²) >= 11 is 0. The van der Waals surface area contributed by atoms with Crippen molar-refractivity contribution < 1.29 is 43.0 Å². The number of hydrogen-bond acceptors (Lipinski definition) is 9. The second kappa shape index (κ2) is 19.1. The molecule has 0 saturated carbocycles. The summed E-state index contributed by atoms with van der Waals surface area (Å²) in [7, 11) is 7.52. The molecule has 3 aromatic carbocycles. The molecule has 3 heterocycles. The number of rotatable bonds is 6. The summed E-state index contributed by atoms with van der Waals surface area (Å²) in [5.74, 6) is -1.57. The van der Waals surface area contributed by atoms with Gasteiger partial charge < -0.3 is 44.9 Å². The van der Waals surface area contributed by atoms with Crippen molar-refractivity contribution in [2.24, 2.45) is 5.92 Å². The fraction of sp³-hybridized carbons (Fsp3) is 0.455. The van der Waals surface area contributed by atoms with Gasteiger partial charge in [0.2, 0.25) is 35.4 Å². The van der Waals surface area contributed by atoms with Crippen molar-refractivity contribution >= 4 is 35.4 Å². The van der Waals surface area contributed by atoms with Crippen molar-refractivity contribution in [3.05, 3.63) is 83.4 Å². The van der Waals surface area contributed by atoms with E-state index in [1.165, 1.54) is 56.8 Å². The largest absolute Gasteiger partial charge is 0.497 e. The van der Waals surface area contributed by atoms with Crippen molar-refractivity contribution in [1.82, 2.24) is 30.7 Å². The van der Waals surface area contributed by atoms with Crippen molar-refractivity contribution in [3.8, 4) is 23.0 Å². The second-order valence-electron chi connectivity index (χ2n) is 15.7. The van der Waals surface area contributed by atoms with Crippen LogP contribution in [0.4, 0.5) is 0 Å². The van der Waals surface area contributed by atoms with Crippen LogP contribution in [0, 0.1) is 5.92 Å². The molecule has 6 rings (SSSR count). The highest BCUT2D eigenvalue weighted by Gasteiger charge is 2.40. The fourth-order valence-corrected chi connectivity index (χ4v) is 7.36. The molecule has 1 fully saturated rings. The normalized spacial score (nSPS) is 23.8. The van der Waals surface area contributed by atoms with Crippen LogP contribution in [-0.4, -0.2) is 122 Å². The van der Waals surface area contributed by atoms with Gasteiger partial charge in [-0.25, -0.2) is 0 Å². The molecule has 3 aliphatic rings. The number of likely N-dealkylation sites (N-methyl/N-ethyl adjacent to an activating group) is 3. The molecular formula is C44H56N6O9. The maximum absolute atomic E-state index is 14.8. The molecule has 0 aromatic heterocycles. The number of nitrogens with zero attached hydrogens (tertiary/aromatic N) is 3. The fourth-order valence-electron chi connectivity index (χ4n) is 7.36. The Morgan fingerprint density at radius 1 is 0.661 bits per heavy atom. The molecule has 15 nitrogen and oxygen atoms in total. The van der Waals surface area contributed by atoms with Gasteiger partial charge in [0.15, 0.2) is 11.5 Å². The zero-order valence-electron chi connectivity index (χ0n) is 35.2. The number of ether oxygens (including phenoxy) is 3. The van der Waals surface area contributed by atoms with Crippen LogP contribution < -0.4 is 30.2 Å². The summed E-state index contributed by atoms with van der Waals surface area (Å²) in [5.41, 5.74) is 2.04. The van der Waals surface area contributed by atoms with Crippen LogP contribution in [0.3, 0.4) is 0 Å². The smallest absolute Gasteiger partial charge is 0.246 e. The van der Waals surface area contributed by atoms with E-state index >= 15 is 0 Å². The summed E-state index contributed by atoms with van der Waals surface area (Å²) in [6.45, 7) is 6.82. The molecular weight excluding hydrogens is 757 g/mol. The van der Waals surface area contributed by atoms with Crippen molar-refractivity contribution in [1.29, 1.82) is 0 Å². The zero-order valence-corrected chi connectivity index (χ0v) is 35.2. The molecule has 3 N–H and O–H groups in total. The maximum Gasteiger partial charge on any atom is 0.246 e. The van der Waals surface area contributed by atoms with E-state index in [4.69, 9.17) is 14.2 Å². The highest BCUT2D eigenvalue weighted by Crippen LogP contribution is 2.34. The number of methoxy groups -OCH3 is 2. The number of carbonyl (C=O) groups excluding carboxylic acids is 6. The molecule has 15 heteroatoms. The lowest BCUT2D eigenvalue weighted by Gasteiger charge is -2.37. The van der Waals surface area contributed by atoms with Crippen LogP contribution in [0.25, 0.3) is 0 Å². The topological polar surface area (TPSA) is 176 Å². The monoisotopic (exact) mass is 812 g/mol. The van der Waals surface area contributed by atoms with E-state index in [0.29, 0.717) is 34.1 Å². The number of amides is 6. The summed E-state index contributed by atoms with van der Waals surface area (Å²) in [6.07, 6.45) is 0.374. The predicted molar refractivity (Wildman–Crippen MR) is 220 cm³/mol. The number of benzene rings is 3. The summed E-state index contributed by atoms with van der Waals surface area (Å²) < 4.78 is 17.1. The molecule has 6 unspecified atom stereocenters. The lowest BCUT2D eigenvalue weighted by atomic mass is 9.98. The number of hydrogen-bond donors (Lipinski definition) is 3. The van der Waals surface area contributed by atoms with Gasteiger partial charge in [0.25, 0.3) is 0 Å². The van der Waals surface area contributed by atoms with Gasteiger partial charge >= 0.3 is 0 Å². The molecule has 0 radical (unpaired) electrons. The second-order valence-corrected chi connectivity index (χ2v) is 15.7. The average molecular weight is 813 g/mol. The van der Waals surface area contributed by atoms with E-state index in [-0.39, 0.29) is 31.6 Å². The third kappa shape index (κ3) is 10.5. The van der Waals surface area contributed by atoms with Crippen molar-refractivity contribution in [2.45, 2.75) is 89.6 Å². The van der Waals surface area contributed by atoms with Crippen LogP contribution in [0.5, 0.6) is 23.0 Å². The molecule has 0 aliphatic carbocycles. The van der Waals surface area contributed by atoms with Gasteiger partial charge in [0.05, 0.1) is 14.2 Å². The summed E-state index contributed by atoms with van der Waals surface area (Å²) in [5, 5.41) is 8.41. The van der Waals surface area contributed by atoms with Gasteiger partial charge in [0.1, 0.15) is 47.8 Å². The Labute approximate surface area is 345 Å². The Balaban J connectivity index is 1.60. The van der Waals surface area contributed by atoms with E-state index < -0.39 is 71.7 Å². The Hall–Kier alpha value is -6.12. The van der Waals surface area contributed by atoms with Gasteiger partial charge in [-0.05, 0) is 79.3 Å². The quantitative estimate of drug-likeness (QED) is 0.338. The number of nitrogens with one attached hydrogen (secondary N) is 3. The Morgan fingerprint density at radius 3 is 1.90 bits per heavy atom. The first-order valence-corrected chi connectivity index (χ1v) is 19.8. The minimum atomic E-state index is -1.16. The Morgan fingerprint density at radius 2 is 1.27 bits per heavy atom. The molecule has 3 aliphatic heterocycles. The van der Waals surface area contributed by atoms with Crippen LogP contribution in [0.1, 0.15) is 50.8 Å². The lowest BCUT2D eigenvalue weighted by Crippen LogP contribution is -2.62. The third-order valence-corrected chi connectivity index (χ3v) is 11.0. The first-order valence-electron chi connectivity index (χ1n) is 19.8. The Kier molecular flexibility index (Phi) is 14.2. The van der Waals surface area contributed by atoms with Gasteiger partial charge in [0, 0.05) is 40.4 Å². The molecule has 0 spiro atoms. The minimum Gasteiger partial charge on any atom is -0.497 e. The zero-order chi connectivity index (χ0) is 43.1. The van der Waals surface area contributed by atoms with E-state index in [0.717, 1.165) is 5.56 Å². The first kappa shape index (κ1) is 44.0. The van der Waals surface area contributed by atoms with Crippen LogP contribution in [0.15, 0.2) is 66.7 Å². The molecule has 6 bridgehead atoms. The van der Waals surface area contributed by atoms with Gasteiger partial charge in [-0.2, -0.15) is 0 Å². The molecule has 1 saturated heterocycles. The highest BCUT2D eigenvalue weighted by atomic mass is 16.5. The SMILES string of the molecule is COc1ccc(CC2C(=O)NC(C)C(=O)N(C)C3Cc4ccc(cc4)Oc4cc(ccc4OC)CC(C(=O)NC(C)C(=O)NC(CC(C)C)C(=O)N2C)N(C)C3=O)cc1. The molecule has 6 atom stereocenters. The predicted octanol–water partition coefficient (Wildman–Crippen LogP) is 2.87. The van der Waals surface area contributed by atoms with E-state index in [2.05, 4.69) is 16.0 Å². The van der Waals surface area contributed by atoms with E-state index in [9.17, 15) is 28.8 Å². The molecule has 316 valence electrons. The van der Waals surface area contributed by atoms with Crippen LogP contribution >= 0.6 is 0 Å². The van der Waals surface area contributed by atoms with Gasteiger partial charge in [-0.1, -0.05) is 44.2 Å². The molecule has 3 aromatic rings.